The number of allylic oxidation sites excluding steroid dienone is 4. The fourth-order valence-corrected chi connectivity index (χ4v) is 1.94. The van der Waals surface area contributed by atoms with E-state index in [2.05, 4.69) is 31.8 Å². The van der Waals surface area contributed by atoms with Crippen LogP contribution in [0.25, 0.3) is 0 Å². The molecule has 0 spiro atoms. The molecule has 0 aliphatic heterocycles. The molecule has 1 N–H and O–H groups in total. The highest BCUT2D eigenvalue weighted by molar-refractivity contribution is 5.87. The zero-order chi connectivity index (χ0) is 15.8. The molecule has 0 aliphatic carbocycles. The van der Waals surface area contributed by atoms with Gasteiger partial charge in [0.1, 0.15) is 0 Å². The monoisotopic (exact) mass is 291 g/mol. The third-order valence-electron chi connectivity index (χ3n) is 3.21. The van der Waals surface area contributed by atoms with Crippen molar-refractivity contribution in [2.24, 2.45) is 5.92 Å². The van der Waals surface area contributed by atoms with E-state index in [0.717, 1.165) is 19.4 Å². The average Bonchev–Trinajstić information content (AvgIpc) is 2.46. The van der Waals surface area contributed by atoms with Crippen molar-refractivity contribution < 1.29 is 4.79 Å². The second-order valence-corrected chi connectivity index (χ2v) is 5.91. The number of amides is 1. The maximum absolute atomic E-state index is 11.4. The molecule has 0 aromatic carbocycles. The van der Waals surface area contributed by atoms with Crippen LogP contribution in [0.1, 0.15) is 65.2 Å². The van der Waals surface area contributed by atoms with Gasteiger partial charge in [-0.15, -0.1) is 6.58 Å². The molecule has 2 heteroatoms. The number of nitrogens with one attached hydrogen (secondary N) is 1. The van der Waals surface area contributed by atoms with Gasteiger partial charge in [0, 0.05) is 12.6 Å². The Morgan fingerprint density at radius 2 is 1.62 bits per heavy atom. The van der Waals surface area contributed by atoms with Crippen LogP contribution in [0.3, 0.4) is 0 Å². The van der Waals surface area contributed by atoms with E-state index in [9.17, 15) is 4.79 Å². The van der Waals surface area contributed by atoms with E-state index in [1.54, 1.807) is 6.08 Å². The lowest BCUT2D eigenvalue weighted by Gasteiger charge is -2.03. The first-order valence-electron chi connectivity index (χ1n) is 8.38. The minimum absolute atomic E-state index is 0.00660. The van der Waals surface area contributed by atoms with Crippen LogP contribution in [-0.2, 0) is 4.79 Å². The first-order chi connectivity index (χ1) is 10.2. The first kappa shape index (κ1) is 19.7. The Balaban J connectivity index is 3.39. The molecule has 0 bridgehead atoms. The van der Waals surface area contributed by atoms with Gasteiger partial charge in [-0.25, -0.2) is 0 Å². The van der Waals surface area contributed by atoms with Gasteiger partial charge < -0.3 is 5.32 Å². The van der Waals surface area contributed by atoms with Gasteiger partial charge in [0.25, 0.3) is 0 Å². The van der Waals surface area contributed by atoms with E-state index in [4.69, 9.17) is 0 Å². The van der Waals surface area contributed by atoms with Crippen molar-refractivity contribution in [2.75, 3.05) is 6.54 Å². The third kappa shape index (κ3) is 16.6. The predicted octanol–water partition coefficient (Wildman–Crippen LogP) is 5.18. The van der Waals surface area contributed by atoms with Crippen molar-refractivity contribution in [2.45, 2.75) is 65.2 Å². The summed E-state index contributed by atoms with van der Waals surface area (Å²) in [6, 6.07) is 0. The summed E-state index contributed by atoms with van der Waals surface area (Å²) in [5.74, 6) is 0.488. The third-order valence-corrected chi connectivity index (χ3v) is 3.21. The van der Waals surface area contributed by atoms with Crippen LogP contribution in [0.5, 0.6) is 0 Å². The minimum Gasteiger partial charge on any atom is -0.352 e. The van der Waals surface area contributed by atoms with Crippen molar-refractivity contribution in [3.63, 3.8) is 0 Å². The van der Waals surface area contributed by atoms with E-state index < -0.39 is 0 Å². The maximum atomic E-state index is 11.4. The van der Waals surface area contributed by atoms with E-state index in [1.807, 2.05) is 18.2 Å². The molecule has 1 amide bonds. The van der Waals surface area contributed by atoms with Crippen molar-refractivity contribution in [3.8, 4) is 0 Å². The average molecular weight is 291 g/mol. The Labute approximate surface area is 131 Å². The molecule has 0 heterocycles. The predicted molar refractivity (Wildman–Crippen MR) is 93.3 cm³/mol. The molecule has 21 heavy (non-hydrogen) atoms. The Morgan fingerprint density at radius 1 is 1.00 bits per heavy atom. The number of hydrogen-bond acceptors (Lipinski definition) is 1. The van der Waals surface area contributed by atoms with Crippen LogP contribution >= 0.6 is 0 Å². The van der Waals surface area contributed by atoms with E-state index in [-0.39, 0.29) is 5.91 Å². The number of rotatable bonds is 13. The molecule has 0 aliphatic rings. The van der Waals surface area contributed by atoms with E-state index in [0.29, 0.717) is 5.92 Å². The van der Waals surface area contributed by atoms with E-state index >= 15 is 0 Å². The summed E-state index contributed by atoms with van der Waals surface area (Å²) in [7, 11) is 0. The molecule has 0 fully saturated rings. The molecule has 2 nitrogen and oxygen atoms in total. The number of carbonyl (C=O) groups is 1. The summed E-state index contributed by atoms with van der Waals surface area (Å²) >= 11 is 0. The molecule has 0 rings (SSSR count). The Morgan fingerprint density at radius 3 is 2.24 bits per heavy atom. The normalized spacial score (nSPS) is 11.6. The van der Waals surface area contributed by atoms with Crippen molar-refractivity contribution >= 4 is 5.91 Å². The second-order valence-electron chi connectivity index (χ2n) is 5.91. The van der Waals surface area contributed by atoms with Crippen molar-refractivity contribution in [1.82, 2.24) is 5.32 Å². The lowest BCUT2D eigenvalue weighted by atomic mass is 10.1. The van der Waals surface area contributed by atoms with Gasteiger partial charge >= 0.3 is 0 Å². The summed E-state index contributed by atoms with van der Waals surface area (Å²) in [6.45, 7) is 8.64. The van der Waals surface area contributed by atoms with Gasteiger partial charge in [0.2, 0.25) is 5.91 Å². The molecular weight excluding hydrogens is 258 g/mol. The summed E-state index contributed by atoms with van der Waals surface area (Å²) in [4.78, 5) is 11.4. The largest absolute Gasteiger partial charge is 0.352 e. The SMILES string of the molecule is C=CCCCCCCCCC=CC=CC(=O)NCC(C)C. The molecule has 120 valence electrons. The minimum atomic E-state index is -0.00660. The summed E-state index contributed by atoms with van der Waals surface area (Å²) in [5, 5.41) is 2.86. The first-order valence-corrected chi connectivity index (χ1v) is 8.38. The van der Waals surface area contributed by atoms with Gasteiger partial charge in [-0.05, 0) is 31.6 Å². The zero-order valence-electron chi connectivity index (χ0n) is 13.9. The van der Waals surface area contributed by atoms with Gasteiger partial charge in [0.05, 0.1) is 0 Å². The summed E-state index contributed by atoms with van der Waals surface area (Å²) in [6.07, 6.45) is 19.6. The van der Waals surface area contributed by atoms with Gasteiger partial charge in [-0.3, -0.25) is 4.79 Å². The van der Waals surface area contributed by atoms with Crippen molar-refractivity contribution in [3.05, 3.63) is 37.0 Å². The van der Waals surface area contributed by atoms with Crippen LogP contribution < -0.4 is 5.32 Å². The molecule has 0 aromatic heterocycles. The van der Waals surface area contributed by atoms with Crippen LogP contribution in [-0.4, -0.2) is 12.5 Å². The Kier molecular flexibility index (Phi) is 14.1. The maximum Gasteiger partial charge on any atom is 0.243 e. The Bertz CT molecular complexity index is 316. The molecule has 0 saturated carbocycles. The molecule has 0 saturated heterocycles. The quantitative estimate of drug-likeness (QED) is 0.215. The van der Waals surface area contributed by atoms with Gasteiger partial charge in [-0.2, -0.15) is 0 Å². The van der Waals surface area contributed by atoms with Crippen molar-refractivity contribution in [1.29, 1.82) is 0 Å². The summed E-state index contributed by atoms with van der Waals surface area (Å²) < 4.78 is 0. The highest BCUT2D eigenvalue weighted by atomic mass is 16.1. The standard InChI is InChI=1S/C19H33NO/c1-4-5-6-7-8-9-10-11-12-13-14-15-16-19(21)20-17-18(2)3/h4,13-16,18H,1,5-12,17H2,2-3H3,(H,20,21). The van der Waals surface area contributed by atoms with Crippen LogP contribution in [0.15, 0.2) is 37.0 Å². The van der Waals surface area contributed by atoms with E-state index in [1.165, 1.54) is 38.5 Å². The van der Waals surface area contributed by atoms with Crippen LogP contribution in [0, 0.1) is 5.92 Å². The van der Waals surface area contributed by atoms with Crippen LogP contribution in [0.4, 0.5) is 0 Å². The second kappa shape index (κ2) is 15.1. The molecule has 0 radical (unpaired) electrons. The number of hydrogen-bond donors (Lipinski definition) is 1. The molecule has 0 unspecified atom stereocenters. The smallest absolute Gasteiger partial charge is 0.243 e. The fourth-order valence-electron chi connectivity index (χ4n) is 1.94. The molecular formula is C19H33NO. The lowest BCUT2D eigenvalue weighted by molar-refractivity contribution is -0.116. The molecule has 0 atom stereocenters. The number of carbonyl (C=O) groups excluding carboxylic acids is 1. The zero-order valence-corrected chi connectivity index (χ0v) is 13.9. The lowest BCUT2D eigenvalue weighted by Crippen LogP contribution is -2.25. The summed E-state index contributed by atoms with van der Waals surface area (Å²) in [5.41, 5.74) is 0. The fraction of sp³-hybridized carbons (Fsp3) is 0.632. The highest BCUT2D eigenvalue weighted by Crippen LogP contribution is 2.08. The topological polar surface area (TPSA) is 29.1 Å². The number of unbranched alkanes of at least 4 members (excludes halogenated alkanes) is 7. The van der Waals surface area contributed by atoms with Gasteiger partial charge in [0.15, 0.2) is 0 Å². The molecule has 0 aromatic rings. The highest BCUT2D eigenvalue weighted by Gasteiger charge is 1.95. The van der Waals surface area contributed by atoms with Crippen LogP contribution in [0.2, 0.25) is 0 Å². The Hall–Kier alpha value is -1.31. The van der Waals surface area contributed by atoms with Gasteiger partial charge in [-0.1, -0.05) is 63.8 Å².